The lowest BCUT2D eigenvalue weighted by molar-refractivity contribution is 0.238. The number of carbonyl (C=O) groups excluding carboxylic acids is 1. The second-order valence-corrected chi connectivity index (χ2v) is 7.67. The molecule has 2 amide bonds. The van der Waals surface area contributed by atoms with Gasteiger partial charge in [-0.2, -0.15) is 0 Å². The summed E-state index contributed by atoms with van der Waals surface area (Å²) in [5, 5.41) is 8.18. The molecule has 0 saturated heterocycles. The van der Waals surface area contributed by atoms with E-state index in [9.17, 15) is 4.79 Å². The third-order valence-corrected chi connectivity index (χ3v) is 5.77. The van der Waals surface area contributed by atoms with E-state index in [0.29, 0.717) is 6.54 Å². The Morgan fingerprint density at radius 2 is 1.55 bits per heavy atom. The van der Waals surface area contributed by atoms with Crippen LogP contribution in [0.2, 0.25) is 0 Å². The number of carbonyl (C=O) groups is 1. The molecule has 0 unspecified atom stereocenters. The highest BCUT2D eigenvalue weighted by atomic mass is 32.1. The average molecular weight is 403 g/mol. The molecule has 2 N–H and O–H groups in total. The van der Waals surface area contributed by atoms with Gasteiger partial charge in [-0.05, 0) is 34.7 Å². The summed E-state index contributed by atoms with van der Waals surface area (Å²) in [6.45, 7) is 0.455. The molecule has 4 aromatic rings. The van der Waals surface area contributed by atoms with Gasteiger partial charge in [-0.25, -0.2) is 4.79 Å². The fourth-order valence-electron chi connectivity index (χ4n) is 3.35. The van der Waals surface area contributed by atoms with Crippen LogP contribution in [-0.4, -0.2) is 12.6 Å². The van der Waals surface area contributed by atoms with Crippen molar-refractivity contribution in [1.29, 1.82) is 0 Å². The molecule has 5 heteroatoms. The quantitative estimate of drug-likeness (QED) is 0.425. The molecule has 1 atom stereocenters. The first-order valence-electron chi connectivity index (χ1n) is 9.52. The van der Waals surface area contributed by atoms with Gasteiger partial charge in [-0.3, -0.25) is 0 Å². The van der Waals surface area contributed by atoms with Crippen LogP contribution >= 0.6 is 11.3 Å². The van der Waals surface area contributed by atoms with Gasteiger partial charge in [0.2, 0.25) is 0 Å². The minimum atomic E-state index is -0.221. The lowest BCUT2D eigenvalue weighted by Crippen LogP contribution is -2.40. The topological polar surface area (TPSA) is 54.3 Å². The van der Waals surface area contributed by atoms with Crippen molar-refractivity contribution in [3.63, 3.8) is 0 Å². The molecular weight excluding hydrogens is 380 g/mol. The summed E-state index contributed by atoms with van der Waals surface area (Å²) in [6.07, 6.45) is 1.66. The zero-order valence-corrected chi connectivity index (χ0v) is 16.6. The van der Waals surface area contributed by atoms with Crippen LogP contribution in [0, 0.1) is 0 Å². The number of benzene rings is 2. The minimum Gasteiger partial charge on any atom is -0.469 e. The molecule has 0 spiro atoms. The van der Waals surface area contributed by atoms with Crippen molar-refractivity contribution >= 4 is 17.4 Å². The van der Waals surface area contributed by atoms with Crippen molar-refractivity contribution in [1.82, 2.24) is 10.6 Å². The summed E-state index contributed by atoms with van der Waals surface area (Å²) in [4.78, 5) is 13.9. The molecule has 0 radical (unpaired) electrons. The van der Waals surface area contributed by atoms with E-state index in [-0.39, 0.29) is 18.0 Å². The Balaban J connectivity index is 1.48. The predicted octanol–water partition coefficient (Wildman–Crippen LogP) is 5.56. The van der Waals surface area contributed by atoms with Crippen molar-refractivity contribution in [3.05, 3.63) is 118 Å². The van der Waals surface area contributed by atoms with Crippen molar-refractivity contribution in [2.75, 3.05) is 6.54 Å². The van der Waals surface area contributed by atoms with Gasteiger partial charge < -0.3 is 15.1 Å². The molecule has 146 valence electrons. The smallest absolute Gasteiger partial charge is 0.315 e. The second kappa shape index (κ2) is 9.26. The normalized spacial score (nSPS) is 11.9. The number of hydrogen-bond acceptors (Lipinski definition) is 3. The molecule has 2 aromatic carbocycles. The monoisotopic (exact) mass is 402 g/mol. The highest BCUT2D eigenvalue weighted by Gasteiger charge is 2.21. The van der Waals surface area contributed by atoms with E-state index in [1.807, 2.05) is 84.2 Å². The van der Waals surface area contributed by atoms with Crippen LogP contribution < -0.4 is 10.6 Å². The van der Waals surface area contributed by atoms with Gasteiger partial charge in [0, 0.05) is 11.4 Å². The van der Waals surface area contributed by atoms with Crippen molar-refractivity contribution in [2.24, 2.45) is 0 Å². The summed E-state index contributed by atoms with van der Waals surface area (Å²) in [6, 6.07) is 27.4. The standard InChI is InChI=1S/C24H22N2O2S/c27-24(25-17-20(21-13-7-15-28-21)22-14-8-16-29-22)26-23(18-9-3-1-4-10-18)19-11-5-2-6-12-19/h1-16,20,23H,17H2,(H2,25,26,27)/t20-/m0/s1. The van der Waals surface area contributed by atoms with Crippen LogP contribution in [-0.2, 0) is 0 Å². The maximum Gasteiger partial charge on any atom is 0.315 e. The first-order valence-corrected chi connectivity index (χ1v) is 10.4. The van der Waals surface area contributed by atoms with E-state index in [0.717, 1.165) is 21.8 Å². The summed E-state index contributed by atoms with van der Waals surface area (Å²) in [5.74, 6) is 0.832. The third kappa shape index (κ3) is 4.76. The van der Waals surface area contributed by atoms with E-state index in [4.69, 9.17) is 4.42 Å². The molecule has 2 aromatic heterocycles. The zero-order valence-electron chi connectivity index (χ0n) is 15.8. The van der Waals surface area contributed by atoms with E-state index in [1.165, 1.54) is 0 Å². The number of rotatable bonds is 7. The highest BCUT2D eigenvalue weighted by Crippen LogP contribution is 2.28. The molecular formula is C24H22N2O2S. The van der Waals surface area contributed by atoms with Crippen LogP contribution in [0.3, 0.4) is 0 Å². The van der Waals surface area contributed by atoms with Gasteiger partial charge in [0.1, 0.15) is 5.76 Å². The maximum atomic E-state index is 12.8. The molecule has 0 aliphatic heterocycles. The number of nitrogens with one attached hydrogen (secondary N) is 2. The Labute approximate surface area is 174 Å². The number of furan rings is 1. The van der Waals surface area contributed by atoms with Crippen LogP contribution in [0.15, 0.2) is 101 Å². The van der Waals surface area contributed by atoms with Crippen LogP contribution in [0.25, 0.3) is 0 Å². The molecule has 2 heterocycles. The molecule has 4 rings (SSSR count). The summed E-state index contributed by atoms with van der Waals surface area (Å²) < 4.78 is 5.61. The first kappa shape index (κ1) is 19.0. The summed E-state index contributed by atoms with van der Waals surface area (Å²) >= 11 is 1.66. The van der Waals surface area contributed by atoms with Crippen LogP contribution in [0.1, 0.15) is 33.7 Å². The summed E-state index contributed by atoms with van der Waals surface area (Å²) in [5.41, 5.74) is 2.07. The summed E-state index contributed by atoms with van der Waals surface area (Å²) in [7, 11) is 0. The minimum absolute atomic E-state index is 0.0114. The fraction of sp³-hybridized carbons (Fsp3) is 0.125. The third-order valence-electron chi connectivity index (χ3n) is 4.78. The first-order chi connectivity index (χ1) is 14.3. The van der Waals surface area contributed by atoms with Gasteiger partial charge >= 0.3 is 6.03 Å². The van der Waals surface area contributed by atoms with E-state index < -0.39 is 0 Å². The molecule has 0 bridgehead atoms. The Morgan fingerprint density at radius 1 is 0.862 bits per heavy atom. The van der Waals surface area contributed by atoms with E-state index in [1.54, 1.807) is 17.6 Å². The Hall–Kier alpha value is -3.31. The molecule has 0 aliphatic rings. The molecule has 29 heavy (non-hydrogen) atoms. The van der Waals surface area contributed by atoms with Gasteiger partial charge in [-0.1, -0.05) is 66.7 Å². The second-order valence-electron chi connectivity index (χ2n) is 6.69. The lowest BCUT2D eigenvalue weighted by atomic mass is 9.99. The van der Waals surface area contributed by atoms with E-state index >= 15 is 0 Å². The Bertz CT molecular complexity index is 926. The SMILES string of the molecule is O=C(NC[C@@H](c1ccco1)c1cccs1)NC(c1ccccc1)c1ccccc1. The molecule has 0 aliphatic carbocycles. The average Bonchev–Trinajstić information content (AvgIpc) is 3.48. The number of urea groups is 1. The van der Waals surface area contributed by atoms with Gasteiger partial charge in [0.25, 0.3) is 0 Å². The molecule has 4 nitrogen and oxygen atoms in total. The molecule has 0 fully saturated rings. The number of hydrogen-bond donors (Lipinski definition) is 2. The van der Waals surface area contributed by atoms with Crippen molar-refractivity contribution in [3.8, 4) is 0 Å². The zero-order chi connectivity index (χ0) is 19.9. The van der Waals surface area contributed by atoms with Crippen LogP contribution in [0.5, 0.6) is 0 Å². The van der Waals surface area contributed by atoms with Crippen LogP contribution in [0.4, 0.5) is 4.79 Å². The highest BCUT2D eigenvalue weighted by molar-refractivity contribution is 7.10. The molecule has 0 saturated carbocycles. The fourth-order valence-corrected chi connectivity index (χ4v) is 4.18. The maximum absolute atomic E-state index is 12.8. The van der Waals surface area contributed by atoms with Gasteiger partial charge in [0.15, 0.2) is 0 Å². The van der Waals surface area contributed by atoms with Gasteiger partial charge in [0.05, 0.1) is 18.2 Å². The van der Waals surface area contributed by atoms with E-state index in [2.05, 4.69) is 16.7 Å². The Kier molecular flexibility index (Phi) is 6.07. The number of thiophene rings is 1. The lowest BCUT2D eigenvalue weighted by Gasteiger charge is -2.21. The number of amides is 2. The van der Waals surface area contributed by atoms with Crippen molar-refractivity contribution in [2.45, 2.75) is 12.0 Å². The van der Waals surface area contributed by atoms with Gasteiger partial charge in [-0.15, -0.1) is 11.3 Å². The Morgan fingerprint density at radius 3 is 2.10 bits per heavy atom. The predicted molar refractivity (Wildman–Crippen MR) is 116 cm³/mol. The largest absolute Gasteiger partial charge is 0.469 e. The van der Waals surface area contributed by atoms with Crippen molar-refractivity contribution < 1.29 is 9.21 Å².